The third-order valence-corrected chi connectivity index (χ3v) is 3.68. The summed E-state index contributed by atoms with van der Waals surface area (Å²) < 4.78 is 10.8. The number of benzene rings is 1. The van der Waals surface area contributed by atoms with E-state index in [9.17, 15) is 4.79 Å². The first kappa shape index (κ1) is 14.9. The van der Waals surface area contributed by atoms with Gasteiger partial charge in [0.2, 0.25) is 0 Å². The zero-order valence-electron chi connectivity index (χ0n) is 12.4. The molecule has 0 radical (unpaired) electrons. The fourth-order valence-corrected chi connectivity index (χ4v) is 2.64. The van der Waals surface area contributed by atoms with E-state index in [0.29, 0.717) is 23.8 Å². The van der Waals surface area contributed by atoms with Crippen molar-refractivity contribution in [3.63, 3.8) is 0 Å². The fraction of sp³-hybridized carbons (Fsp3) is 0.562. The van der Waals surface area contributed by atoms with Crippen molar-refractivity contribution in [3.8, 4) is 5.75 Å². The van der Waals surface area contributed by atoms with E-state index in [4.69, 9.17) is 9.47 Å². The van der Waals surface area contributed by atoms with Gasteiger partial charge in [-0.15, -0.1) is 0 Å². The second kappa shape index (κ2) is 6.27. The van der Waals surface area contributed by atoms with Crippen molar-refractivity contribution in [1.82, 2.24) is 5.32 Å². The van der Waals surface area contributed by atoms with Gasteiger partial charge in [-0.3, -0.25) is 4.79 Å². The monoisotopic (exact) mass is 277 g/mol. The number of amides is 1. The van der Waals surface area contributed by atoms with Crippen molar-refractivity contribution in [3.05, 3.63) is 29.8 Å². The highest BCUT2D eigenvalue weighted by molar-refractivity contribution is 5.94. The van der Waals surface area contributed by atoms with Gasteiger partial charge in [-0.25, -0.2) is 0 Å². The lowest BCUT2D eigenvalue weighted by Gasteiger charge is -2.35. The SMILES string of the molecule is COc1cccc(C(=O)NC[C@@H]2CCOC(C)(C)C2)c1. The standard InChI is InChI=1S/C16H23NO3/c1-16(2)10-12(7-8-20-16)11-17-15(18)13-5-4-6-14(9-13)19-3/h4-6,9,12H,7-8,10-11H2,1-3H3,(H,17,18)/t12-/m1/s1. The summed E-state index contributed by atoms with van der Waals surface area (Å²) in [4.78, 5) is 12.1. The molecule has 1 amide bonds. The second-order valence-corrected chi connectivity index (χ2v) is 5.91. The normalized spacial score (nSPS) is 21.2. The van der Waals surface area contributed by atoms with Crippen LogP contribution in [0, 0.1) is 5.92 Å². The highest BCUT2D eigenvalue weighted by Crippen LogP contribution is 2.28. The molecular weight excluding hydrogens is 254 g/mol. The minimum Gasteiger partial charge on any atom is -0.497 e. The molecular formula is C16H23NO3. The maximum Gasteiger partial charge on any atom is 0.251 e. The van der Waals surface area contributed by atoms with E-state index in [-0.39, 0.29) is 11.5 Å². The van der Waals surface area contributed by atoms with E-state index >= 15 is 0 Å². The quantitative estimate of drug-likeness (QED) is 0.920. The number of ether oxygens (including phenoxy) is 2. The van der Waals surface area contributed by atoms with Gasteiger partial charge in [0.05, 0.1) is 12.7 Å². The summed E-state index contributed by atoms with van der Waals surface area (Å²) in [6.07, 6.45) is 1.98. The van der Waals surface area contributed by atoms with Crippen LogP contribution in [-0.2, 0) is 4.74 Å². The summed E-state index contributed by atoms with van der Waals surface area (Å²) in [6, 6.07) is 7.21. The van der Waals surface area contributed by atoms with Gasteiger partial charge in [-0.1, -0.05) is 6.07 Å². The number of methoxy groups -OCH3 is 1. The summed E-state index contributed by atoms with van der Waals surface area (Å²) in [5.74, 6) is 1.13. The Balaban J connectivity index is 1.88. The summed E-state index contributed by atoms with van der Waals surface area (Å²) >= 11 is 0. The summed E-state index contributed by atoms with van der Waals surface area (Å²) in [6.45, 7) is 5.67. The smallest absolute Gasteiger partial charge is 0.251 e. The van der Waals surface area contributed by atoms with E-state index in [1.54, 1.807) is 19.2 Å². The van der Waals surface area contributed by atoms with Crippen molar-refractivity contribution < 1.29 is 14.3 Å². The van der Waals surface area contributed by atoms with E-state index in [2.05, 4.69) is 19.2 Å². The molecule has 1 atom stereocenters. The maximum absolute atomic E-state index is 12.1. The highest BCUT2D eigenvalue weighted by atomic mass is 16.5. The Morgan fingerprint density at radius 1 is 1.50 bits per heavy atom. The molecule has 0 unspecified atom stereocenters. The molecule has 1 heterocycles. The summed E-state index contributed by atoms with van der Waals surface area (Å²) in [5.41, 5.74) is 0.555. The Hall–Kier alpha value is -1.55. The molecule has 0 aromatic heterocycles. The van der Waals surface area contributed by atoms with Gasteiger partial charge in [-0.2, -0.15) is 0 Å². The summed E-state index contributed by atoms with van der Waals surface area (Å²) in [7, 11) is 1.60. The number of hydrogen-bond acceptors (Lipinski definition) is 3. The molecule has 1 saturated heterocycles. The van der Waals surface area contributed by atoms with Gasteiger partial charge in [0.1, 0.15) is 5.75 Å². The lowest BCUT2D eigenvalue weighted by Crippen LogP contribution is -2.39. The predicted molar refractivity (Wildman–Crippen MR) is 78.1 cm³/mol. The molecule has 1 fully saturated rings. The molecule has 110 valence electrons. The largest absolute Gasteiger partial charge is 0.497 e. The van der Waals surface area contributed by atoms with Gasteiger partial charge >= 0.3 is 0 Å². The highest BCUT2D eigenvalue weighted by Gasteiger charge is 2.28. The van der Waals surface area contributed by atoms with Crippen LogP contribution in [0.1, 0.15) is 37.0 Å². The number of hydrogen-bond donors (Lipinski definition) is 1. The molecule has 0 bridgehead atoms. The Morgan fingerprint density at radius 3 is 3.00 bits per heavy atom. The lowest BCUT2D eigenvalue weighted by atomic mass is 9.88. The Kier molecular flexibility index (Phi) is 4.65. The molecule has 4 nitrogen and oxygen atoms in total. The van der Waals surface area contributed by atoms with Gasteiger partial charge in [0, 0.05) is 18.7 Å². The zero-order valence-corrected chi connectivity index (χ0v) is 12.4. The van der Waals surface area contributed by atoms with Gasteiger partial charge in [-0.05, 0) is 50.8 Å². The lowest BCUT2D eigenvalue weighted by molar-refractivity contribution is -0.0715. The van der Waals surface area contributed by atoms with E-state index in [1.807, 2.05) is 12.1 Å². The van der Waals surface area contributed by atoms with Gasteiger partial charge in [0.25, 0.3) is 5.91 Å². The zero-order chi connectivity index (χ0) is 14.6. The van der Waals surface area contributed by atoms with Crippen LogP contribution >= 0.6 is 0 Å². The van der Waals surface area contributed by atoms with Crippen molar-refractivity contribution in [2.45, 2.75) is 32.3 Å². The average Bonchev–Trinajstić information content (AvgIpc) is 2.44. The molecule has 0 aliphatic carbocycles. The predicted octanol–water partition coefficient (Wildman–Crippen LogP) is 2.63. The average molecular weight is 277 g/mol. The number of rotatable bonds is 4. The molecule has 1 aromatic carbocycles. The molecule has 20 heavy (non-hydrogen) atoms. The molecule has 0 spiro atoms. The van der Waals surface area contributed by atoms with Crippen LogP contribution in [0.5, 0.6) is 5.75 Å². The molecule has 4 heteroatoms. The Morgan fingerprint density at radius 2 is 2.30 bits per heavy atom. The second-order valence-electron chi connectivity index (χ2n) is 5.91. The van der Waals surface area contributed by atoms with Gasteiger partial charge < -0.3 is 14.8 Å². The van der Waals surface area contributed by atoms with Crippen molar-refractivity contribution in [2.24, 2.45) is 5.92 Å². The molecule has 1 N–H and O–H groups in total. The van der Waals surface area contributed by atoms with Crippen LogP contribution in [-0.4, -0.2) is 31.8 Å². The van der Waals surface area contributed by atoms with E-state index in [0.717, 1.165) is 19.4 Å². The Labute approximate surface area is 120 Å². The van der Waals surface area contributed by atoms with E-state index < -0.39 is 0 Å². The van der Waals surface area contributed by atoms with E-state index in [1.165, 1.54) is 0 Å². The first-order valence-electron chi connectivity index (χ1n) is 7.06. The molecule has 1 aliphatic rings. The minimum atomic E-state index is -0.0798. The number of carbonyl (C=O) groups is 1. The first-order valence-corrected chi connectivity index (χ1v) is 7.06. The molecule has 1 aromatic rings. The van der Waals surface area contributed by atoms with Crippen LogP contribution in [0.3, 0.4) is 0 Å². The van der Waals surface area contributed by atoms with Crippen molar-refractivity contribution in [1.29, 1.82) is 0 Å². The minimum absolute atomic E-state index is 0.0480. The van der Waals surface area contributed by atoms with Crippen LogP contribution in [0.4, 0.5) is 0 Å². The third kappa shape index (κ3) is 3.97. The number of nitrogens with one attached hydrogen (secondary N) is 1. The van der Waals surface area contributed by atoms with Gasteiger partial charge in [0.15, 0.2) is 0 Å². The number of carbonyl (C=O) groups excluding carboxylic acids is 1. The fourth-order valence-electron chi connectivity index (χ4n) is 2.64. The maximum atomic E-state index is 12.1. The Bertz CT molecular complexity index is 471. The van der Waals surface area contributed by atoms with Crippen molar-refractivity contribution >= 4 is 5.91 Å². The van der Waals surface area contributed by atoms with Crippen LogP contribution in [0.15, 0.2) is 24.3 Å². The summed E-state index contributed by atoms with van der Waals surface area (Å²) in [5, 5.41) is 3.01. The van der Waals surface area contributed by atoms with Crippen LogP contribution in [0.2, 0.25) is 0 Å². The first-order chi connectivity index (χ1) is 9.50. The topological polar surface area (TPSA) is 47.6 Å². The molecule has 0 saturated carbocycles. The van der Waals surface area contributed by atoms with Crippen LogP contribution in [0.25, 0.3) is 0 Å². The molecule has 2 rings (SSSR count). The third-order valence-electron chi connectivity index (χ3n) is 3.68. The van der Waals surface area contributed by atoms with Crippen LogP contribution < -0.4 is 10.1 Å². The van der Waals surface area contributed by atoms with Crippen molar-refractivity contribution in [2.75, 3.05) is 20.3 Å². The molecule has 1 aliphatic heterocycles.